The molecule has 0 aromatic heterocycles. The van der Waals surface area contributed by atoms with Crippen molar-refractivity contribution in [3.8, 4) is 11.5 Å². The van der Waals surface area contributed by atoms with E-state index < -0.39 is 11.9 Å². The highest BCUT2D eigenvalue weighted by Crippen LogP contribution is 2.26. The fourth-order valence-corrected chi connectivity index (χ4v) is 3.08. The highest BCUT2D eigenvalue weighted by Gasteiger charge is 2.15. The van der Waals surface area contributed by atoms with Gasteiger partial charge in [-0.3, -0.25) is 5.43 Å². The summed E-state index contributed by atoms with van der Waals surface area (Å²) in [6, 6.07) is 17.1. The van der Waals surface area contributed by atoms with Crippen molar-refractivity contribution in [2.45, 2.75) is 6.92 Å². The molecule has 2 N–H and O–H groups in total. The molecule has 0 fully saturated rings. The van der Waals surface area contributed by atoms with Crippen LogP contribution in [0.3, 0.4) is 0 Å². The van der Waals surface area contributed by atoms with E-state index in [0.717, 1.165) is 0 Å². The fourth-order valence-electron chi connectivity index (χ4n) is 2.63. The van der Waals surface area contributed by atoms with Gasteiger partial charge in [-0.15, -0.1) is 0 Å². The van der Waals surface area contributed by atoms with Crippen LogP contribution in [0, 0.1) is 0 Å². The third-order valence-electron chi connectivity index (χ3n) is 4.27. The van der Waals surface area contributed by atoms with Gasteiger partial charge in [-0.2, -0.15) is 5.10 Å². The molecular weight excluding hydrogens is 497 g/mol. The fraction of sp³-hybridized carbons (Fsp3) is 0.0833. The van der Waals surface area contributed by atoms with Gasteiger partial charge in [-0.05, 0) is 79.8 Å². The Bertz CT molecular complexity index is 1220. The Morgan fingerprint density at radius 1 is 0.912 bits per heavy atom. The number of benzene rings is 3. The molecule has 174 valence electrons. The maximum absolute atomic E-state index is 12.7. The SMILES string of the molecule is CCNC(=S)N/N=C/c1ccc(OC(=O)c2ccc(Cl)cc2)cc1OC(=O)c1ccc(Cl)cc1. The number of halogens is 2. The number of hydrogen-bond donors (Lipinski definition) is 2. The first kappa shape index (κ1) is 25.2. The predicted molar refractivity (Wildman–Crippen MR) is 136 cm³/mol. The zero-order valence-corrected chi connectivity index (χ0v) is 20.2. The summed E-state index contributed by atoms with van der Waals surface area (Å²) < 4.78 is 11.0. The molecule has 7 nitrogen and oxygen atoms in total. The largest absolute Gasteiger partial charge is 0.423 e. The van der Waals surface area contributed by atoms with Crippen molar-refractivity contribution in [2.75, 3.05) is 6.54 Å². The Labute approximate surface area is 211 Å². The number of carbonyl (C=O) groups is 2. The highest BCUT2D eigenvalue weighted by atomic mass is 35.5. The maximum atomic E-state index is 12.7. The molecule has 0 spiro atoms. The number of carbonyl (C=O) groups excluding carboxylic acids is 2. The molecule has 0 amide bonds. The average Bonchev–Trinajstić information content (AvgIpc) is 2.81. The Hall–Kier alpha value is -3.46. The van der Waals surface area contributed by atoms with Crippen molar-refractivity contribution in [2.24, 2.45) is 5.10 Å². The van der Waals surface area contributed by atoms with Crippen molar-refractivity contribution >= 4 is 58.7 Å². The number of thiocarbonyl (C=S) groups is 1. The van der Waals surface area contributed by atoms with Gasteiger partial charge in [-0.25, -0.2) is 9.59 Å². The van der Waals surface area contributed by atoms with E-state index in [0.29, 0.717) is 38.4 Å². The molecule has 3 aromatic carbocycles. The molecule has 34 heavy (non-hydrogen) atoms. The molecule has 0 aliphatic rings. The molecule has 10 heteroatoms. The quantitative estimate of drug-likeness (QED) is 0.146. The highest BCUT2D eigenvalue weighted by molar-refractivity contribution is 7.80. The van der Waals surface area contributed by atoms with Crippen LogP contribution in [-0.4, -0.2) is 29.8 Å². The second kappa shape index (κ2) is 12.1. The van der Waals surface area contributed by atoms with Gasteiger partial charge in [0.1, 0.15) is 11.5 Å². The lowest BCUT2D eigenvalue weighted by Crippen LogP contribution is -2.31. The van der Waals surface area contributed by atoms with Crippen molar-refractivity contribution in [3.05, 3.63) is 93.5 Å². The first-order valence-corrected chi connectivity index (χ1v) is 11.2. The topological polar surface area (TPSA) is 89.0 Å². The molecule has 3 aromatic rings. The van der Waals surface area contributed by atoms with Gasteiger partial charge in [0.15, 0.2) is 5.11 Å². The van der Waals surface area contributed by atoms with Crippen molar-refractivity contribution in [3.63, 3.8) is 0 Å². The minimum Gasteiger partial charge on any atom is -0.423 e. The Kier molecular flexibility index (Phi) is 8.98. The smallest absolute Gasteiger partial charge is 0.343 e. The number of nitrogens with one attached hydrogen (secondary N) is 2. The van der Waals surface area contributed by atoms with E-state index in [9.17, 15) is 9.59 Å². The lowest BCUT2D eigenvalue weighted by molar-refractivity contribution is 0.0732. The number of nitrogens with zero attached hydrogens (tertiary/aromatic N) is 1. The van der Waals surface area contributed by atoms with Crippen LogP contribution in [0.25, 0.3) is 0 Å². The van der Waals surface area contributed by atoms with Crippen LogP contribution in [0.4, 0.5) is 0 Å². The van der Waals surface area contributed by atoms with Crippen molar-refractivity contribution in [1.82, 2.24) is 10.7 Å². The monoisotopic (exact) mass is 515 g/mol. The van der Waals surface area contributed by atoms with Crippen LogP contribution < -0.4 is 20.2 Å². The zero-order valence-electron chi connectivity index (χ0n) is 17.9. The van der Waals surface area contributed by atoms with Gasteiger partial charge in [0.2, 0.25) is 0 Å². The standard InChI is InChI=1S/C24H19Cl2N3O4S/c1-2-27-24(34)29-28-14-17-7-12-20(32-22(30)15-3-8-18(25)9-4-15)13-21(17)33-23(31)16-5-10-19(26)11-6-16/h3-14H,2H2,1H3,(H2,27,29,34)/b28-14+. The van der Waals surface area contributed by atoms with Crippen LogP contribution in [0.1, 0.15) is 33.2 Å². The molecule has 0 bridgehead atoms. The van der Waals surface area contributed by atoms with Crippen molar-refractivity contribution < 1.29 is 19.1 Å². The van der Waals surface area contributed by atoms with Gasteiger partial charge in [0, 0.05) is 28.2 Å². The lowest BCUT2D eigenvalue weighted by atomic mass is 10.2. The number of hydrazone groups is 1. The molecule has 0 unspecified atom stereocenters. The molecule has 0 aliphatic carbocycles. The number of hydrogen-bond acceptors (Lipinski definition) is 6. The predicted octanol–water partition coefficient (Wildman–Crippen LogP) is 5.25. The molecule has 0 radical (unpaired) electrons. The zero-order chi connectivity index (χ0) is 24.5. The van der Waals surface area contributed by atoms with Gasteiger partial charge in [0.05, 0.1) is 17.3 Å². The normalized spacial score (nSPS) is 10.6. The second-order valence-electron chi connectivity index (χ2n) is 6.72. The second-order valence-corrected chi connectivity index (χ2v) is 8.00. The van der Waals surface area contributed by atoms with Crippen LogP contribution in [-0.2, 0) is 0 Å². The van der Waals surface area contributed by atoms with Gasteiger partial charge < -0.3 is 14.8 Å². The first-order chi connectivity index (χ1) is 16.4. The summed E-state index contributed by atoms with van der Waals surface area (Å²) in [7, 11) is 0. The molecule has 0 saturated carbocycles. The number of rotatable bonds is 7. The van der Waals surface area contributed by atoms with Crippen molar-refractivity contribution in [1.29, 1.82) is 0 Å². The first-order valence-electron chi connectivity index (χ1n) is 10.0. The van der Waals surface area contributed by atoms with Gasteiger partial charge in [0.25, 0.3) is 0 Å². The van der Waals surface area contributed by atoms with Crippen LogP contribution in [0.5, 0.6) is 11.5 Å². The summed E-state index contributed by atoms with van der Waals surface area (Å²) in [6.07, 6.45) is 1.43. The number of esters is 2. The molecule has 0 saturated heterocycles. The van der Waals surface area contributed by atoms with Crippen LogP contribution in [0.2, 0.25) is 10.0 Å². The third-order valence-corrected chi connectivity index (χ3v) is 5.00. The molecule has 0 atom stereocenters. The van der Waals surface area contributed by atoms with E-state index in [2.05, 4.69) is 15.8 Å². The van der Waals surface area contributed by atoms with E-state index >= 15 is 0 Å². The minimum atomic E-state index is -0.622. The number of ether oxygens (including phenoxy) is 2. The summed E-state index contributed by atoms with van der Waals surface area (Å²) in [5, 5.41) is 8.28. The van der Waals surface area contributed by atoms with E-state index in [4.69, 9.17) is 44.9 Å². The molecule has 0 aliphatic heterocycles. The van der Waals surface area contributed by atoms with E-state index in [-0.39, 0.29) is 11.5 Å². The van der Waals surface area contributed by atoms with E-state index in [1.807, 2.05) is 6.92 Å². The summed E-state index contributed by atoms with van der Waals surface area (Å²) in [5.74, 6) is -0.914. The van der Waals surface area contributed by atoms with Gasteiger partial charge in [-0.1, -0.05) is 23.2 Å². The molecule has 0 heterocycles. The minimum absolute atomic E-state index is 0.126. The summed E-state index contributed by atoms with van der Waals surface area (Å²) in [5.41, 5.74) is 3.72. The maximum Gasteiger partial charge on any atom is 0.343 e. The third kappa shape index (κ3) is 7.28. The average molecular weight is 516 g/mol. The Morgan fingerprint density at radius 3 is 2.03 bits per heavy atom. The van der Waals surface area contributed by atoms with Crippen LogP contribution in [0.15, 0.2) is 71.8 Å². The van der Waals surface area contributed by atoms with E-state index in [1.165, 1.54) is 12.3 Å². The summed E-state index contributed by atoms with van der Waals surface area (Å²) in [4.78, 5) is 25.1. The molecule has 3 rings (SSSR count). The Balaban J connectivity index is 1.84. The molecular formula is C24H19Cl2N3O4S. The summed E-state index contributed by atoms with van der Waals surface area (Å²) in [6.45, 7) is 2.54. The Morgan fingerprint density at radius 2 is 1.47 bits per heavy atom. The lowest BCUT2D eigenvalue weighted by Gasteiger charge is -2.11. The van der Waals surface area contributed by atoms with Gasteiger partial charge >= 0.3 is 11.9 Å². The summed E-state index contributed by atoms with van der Waals surface area (Å²) >= 11 is 16.8. The van der Waals surface area contributed by atoms with E-state index in [1.54, 1.807) is 60.7 Å². The van der Waals surface area contributed by atoms with Crippen LogP contribution >= 0.6 is 35.4 Å².